The van der Waals surface area contributed by atoms with Gasteiger partial charge in [-0.3, -0.25) is 9.67 Å². The molecule has 0 radical (unpaired) electrons. The Morgan fingerprint density at radius 3 is 2.76 bits per heavy atom. The van der Waals surface area contributed by atoms with E-state index in [4.69, 9.17) is 21.3 Å². The molecule has 34 heavy (non-hydrogen) atoms. The number of benzene rings is 1. The summed E-state index contributed by atoms with van der Waals surface area (Å²) in [4.78, 5) is 14.4. The van der Waals surface area contributed by atoms with Crippen LogP contribution in [0.5, 0.6) is 5.75 Å². The average Bonchev–Trinajstić information content (AvgIpc) is 3.44. The van der Waals surface area contributed by atoms with Crippen molar-refractivity contribution in [3.8, 4) is 17.0 Å². The van der Waals surface area contributed by atoms with Crippen molar-refractivity contribution in [2.75, 3.05) is 0 Å². The van der Waals surface area contributed by atoms with Crippen LogP contribution in [0.15, 0.2) is 66.2 Å². The van der Waals surface area contributed by atoms with Crippen LogP contribution in [0.1, 0.15) is 17.1 Å². The van der Waals surface area contributed by atoms with Gasteiger partial charge in [0, 0.05) is 72.2 Å². The number of hydrogen-bond acceptors (Lipinski definition) is 6. The maximum absolute atomic E-state index is 6.54. The van der Waals surface area contributed by atoms with Gasteiger partial charge >= 0.3 is 0 Å². The number of hydrogen-bond donors (Lipinski definition) is 0. The van der Waals surface area contributed by atoms with Crippen LogP contribution in [0.4, 0.5) is 0 Å². The third-order valence-electron chi connectivity index (χ3n) is 5.64. The summed E-state index contributed by atoms with van der Waals surface area (Å²) in [6, 6.07) is 10.1. The Kier molecular flexibility index (Phi) is 6.26. The van der Waals surface area contributed by atoms with Gasteiger partial charge in [0.05, 0.1) is 16.5 Å². The predicted octanol–water partition coefficient (Wildman–Crippen LogP) is 5.60. The summed E-state index contributed by atoms with van der Waals surface area (Å²) in [5, 5.41) is 5.91. The van der Waals surface area contributed by atoms with Gasteiger partial charge in [-0.2, -0.15) is 5.10 Å². The number of fused-ring (bicyclic) bond motifs is 1. The van der Waals surface area contributed by atoms with E-state index in [-0.39, 0.29) is 0 Å². The minimum Gasteiger partial charge on any atom is -0.487 e. The highest BCUT2D eigenvalue weighted by Gasteiger charge is 2.15. The van der Waals surface area contributed by atoms with Gasteiger partial charge in [0.15, 0.2) is 0 Å². The smallest absolute Gasteiger partial charge is 0.146 e. The molecule has 5 rings (SSSR count). The van der Waals surface area contributed by atoms with Crippen molar-refractivity contribution >= 4 is 34.3 Å². The summed E-state index contributed by atoms with van der Waals surface area (Å²) in [5.41, 5.74) is 4.71. The molecule has 1 aromatic carbocycles. The molecular weight excluding hydrogens is 468 g/mol. The molecular formula is C25H23ClN6OS. The van der Waals surface area contributed by atoms with Crippen molar-refractivity contribution < 1.29 is 4.74 Å². The fraction of sp³-hybridized carbons (Fsp3) is 0.200. The van der Waals surface area contributed by atoms with Crippen LogP contribution in [0, 0.1) is 6.92 Å². The number of rotatable bonds is 7. The summed E-state index contributed by atoms with van der Waals surface area (Å²) in [7, 11) is 3.92. The molecule has 0 aliphatic rings. The first-order valence-electron chi connectivity index (χ1n) is 10.7. The van der Waals surface area contributed by atoms with E-state index in [9.17, 15) is 0 Å². The van der Waals surface area contributed by atoms with Gasteiger partial charge in [0.1, 0.15) is 23.7 Å². The van der Waals surface area contributed by atoms with Crippen LogP contribution < -0.4 is 4.74 Å². The fourth-order valence-corrected chi connectivity index (χ4v) is 5.16. The van der Waals surface area contributed by atoms with Crippen molar-refractivity contribution in [2.24, 2.45) is 14.1 Å². The van der Waals surface area contributed by atoms with Crippen molar-refractivity contribution in [2.45, 2.75) is 24.2 Å². The maximum Gasteiger partial charge on any atom is 0.146 e. The number of ether oxygens (including phenoxy) is 1. The Labute approximate surface area is 206 Å². The molecule has 0 unspecified atom stereocenters. The molecule has 0 spiro atoms. The van der Waals surface area contributed by atoms with E-state index in [1.54, 1.807) is 30.4 Å². The molecule has 4 heterocycles. The number of imidazole rings is 1. The van der Waals surface area contributed by atoms with Crippen LogP contribution in [-0.2, 0) is 26.5 Å². The number of thioether (sulfide) groups is 1. The second kappa shape index (κ2) is 9.48. The SMILES string of the molecule is Cc1cc(-c2ccnn2C)c2cccc(OCc3c(Cl)cncc3SCc3nccn3C)c2n1. The van der Waals surface area contributed by atoms with E-state index in [2.05, 4.69) is 27.2 Å². The van der Waals surface area contributed by atoms with E-state index < -0.39 is 0 Å². The summed E-state index contributed by atoms with van der Waals surface area (Å²) >= 11 is 8.18. The molecule has 9 heteroatoms. The second-order valence-electron chi connectivity index (χ2n) is 7.93. The molecule has 7 nitrogen and oxygen atoms in total. The first-order chi connectivity index (χ1) is 16.5. The topological polar surface area (TPSA) is 70.7 Å². The number of halogens is 1. The molecule has 172 valence electrons. The van der Waals surface area contributed by atoms with Crippen molar-refractivity contribution in [3.63, 3.8) is 0 Å². The third kappa shape index (κ3) is 4.38. The lowest BCUT2D eigenvalue weighted by Gasteiger charge is -2.15. The van der Waals surface area contributed by atoms with Gasteiger partial charge in [0.2, 0.25) is 0 Å². The molecule has 0 atom stereocenters. The molecule has 0 bridgehead atoms. The molecule has 0 aliphatic heterocycles. The van der Waals surface area contributed by atoms with Crippen molar-refractivity contribution in [1.29, 1.82) is 0 Å². The van der Waals surface area contributed by atoms with E-state index in [0.29, 0.717) is 23.1 Å². The van der Waals surface area contributed by atoms with Crippen LogP contribution in [0.25, 0.3) is 22.2 Å². The Bertz CT molecular complexity index is 1480. The van der Waals surface area contributed by atoms with Gasteiger partial charge in [-0.1, -0.05) is 23.7 Å². The van der Waals surface area contributed by atoms with Crippen LogP contribution >= 0.6 is 23.4 Å². The minimum absolute atomic E-state index is 0.306. The molecule has 0 amide bonds. The van der Waals surface area contributed by atoms with Crippen molar-refractivity contribution in [3.05, 3.63) is 83.4 Å². The maximum atomic E-state index is 6.54. The zero-order chi connectivity index (χ0) is 23.7. The van der Waals surface area contributed by atoms with Gasteiger partial charge in [-0.15, -0.1) is 11.8 Å². The lowest BCUT2D eigenvalue weighted by molar-refractivity contribution is 0.306. The monoisotopic (exact) mass is 490 g/mol. The summed E-state index contributed by atoms with van der Waals surface area (Å²) in [6.07, 6.45) is 9.00. The first-order valence-corrected chi connectivity index (χ1v) is 12.1. The second-order valence-corrected chi connectivity index (χ2v) is 9.36. The van der Waals surface area contributed by atoms with Crippen LogP contribution in [-0.4, -0.2) is 29.3 Å². The highest BCUT2D eigenvalue weighted by Crippen LogP contribution is 2.35. The molecule has 0 aliphatic carbocycles. The van der Waals surface area contributed by atoms with E-state index in [1.807, 2.05) is 60.9 Å². The number of pyridine rings is 2. The standard InChI is InChI=1S/C25H23ClN6OS/c1-16-11-18(21-7-8-29-32(21)3)17-5-4-6-22(25(17)30-16)33-14-19-20(26)12-27-13-23(19)34-15-24-28-9-10-31(24)2/h4-13H,14-15H2,1-3H3. The quantitative estimate of drug-likeness (QED) is 0.277. The molecule has 0 fully saturated rings. The first kappa shape index (κ1) is 22.4. The molecule has 0 saturated heterocycles. The van der Waals surface area contributed by atoms with Gasteiger partial charge in [-0.05, 0) is 25.1 Å². The van der Waals surface area contributed by atoms with E-state index in [1.165, 1.54) is 0 Å². The van der Waals surface area contributed by atoms with Crippen LogP contribution in [0.3, 0.4) is 0 Å². The number of para-hydroxylation sites is 1. The van der Waals surface area contributed by atoms with Crippen LogP contribution in [0.2, 0.25) is 5.02 Å². The Balaban J connectivity index is 1.45. The molecule has 0 N–H and O–H groups in total. The number of nitrogens with zero attached hydrogens (tertiary/aromatic N) is 6. The summed E-state index contributed by atoms with van der Waals surface area (Å²) in [5.74, 6) is 2.40. The van der Waals surface area contributed by atoms with Crippen molar-refractivity contribution in [1.82, 2.24) is 29.3 Å². The lowest BCUT2D eigenvalue weighted by atomic mass is 10.0. The van der Waals surface area contributed by atoms with Gasteiger partial charge < -0.3 is 9.30 Å². The number of aryl methyl sites for hydroxylation is 3. The zero-order valence-corrected chi connectivity index (χ0v) is 20.6. The average molecular weight is 491 g/mol. The minimum atomic E-state index is 0.306. The third-order valence-corrected chi connectivity index (χ3v) is 7.03. The predicted molar refractivity (Wildman–Crippen MR) is 135 cm³/mol. The Hall–Kier alpha value is -3.36. The summed E-state index contributed by atoms with van der Waals surface area (Å²) < 4.78 is 10.2. The lowest BCUT2D eigenvalue weighted by Crippen LogP contribution is -2.02. The molecule has 4 aromatic heterocycles. The largest absolute Gasteiger partial charge is 0.487 e. The highest BCUT2D eigenvalue weighted by molar-refractivity contribution is 7.98. The van der Waals surface area contributed by atoms with Gasteiger partial charge in [-0.25, -0.2) is 9.97 Å². The zero-order valence-electron chi connectivity index (χ0n) is 19.1. The fourth-order valence-electron chi connectivity index (χ4n) is 3.85. The number of aromatic nitrogens is 6. The Morgan fingerprint density at radius 1 is 1.12 bits per heavy atom. The Morgan fingerprint density at radius 2 is 2.00 bits per heavy atom. The van der Waals surface area contributed by atoms with E-state index in [0.717, 1.165) is 44.1 Å². The molecule has 0 saturated carbocycles. The normalized spacial score (nSPS) is 11.3. The summed E-state index contributed by atoms with van der Waals surface area (Å²) in [6.45, 7) is 2.29. The van der Waals surface area contributed by atoms with E-state index >= 15 is 0 Å². The molecule has 5 aromatic rings. The highest BCUT2D eigenvalue weighted by atomic mass is 35.5. The van der Waals surface area contributed by atoms with Gasteiger partial charge in [0.25, 0.3) is 0 Å².